The van der Waals surface area contributed by atoms with E-state index in [1.54, 1.807) is 40.7 Å². The number of anilines is 1. The van der Waals surface area contributed by atoms with Gasteiger partial charge >= 0.3 is 0 Å². The van der Waals surface area contributed by atoms with Gasteiger partial charge in [0.2, 0.25) is 5.91 Å². The molecule has 5 rings (SSSR count). The Kier molecular flexibility index (Phi) is 6.15. The minimum Gasteiger partial charge on any atom is -0.324 e. The lowest BCUT2D eigenvalue weighted by Gasteiger charge is -2.23. The summed E-state index contributed by atoms with van der Waals surface area (Å²) in [5, 5.41) is 12.3. The minimum atomic E-state index is -0.622. The van der Waals surface area contributed by atoms with E-state index in [2.05, 4.69) is 5.32 Å². The van der Waals surface area contributed by atoms with Crippen LogP contribution < -0.4 is 10.9 Å². The van der Waals surface area contributed by atoms with E-state index < -0.39 is 6.04 Å². The van der Waals surface area contributed by atoms with Gasteiger partial charge in [0, 0.05) is 24.4 Å². The normalized spacial score (nSPS) is 17.8. The van der Waals surface area contributed by atoms with Crippen LogP contribution in [0.3, 0.4) is 0 Å². The predicted molar refractivity (Wildman–Crippen MR) is 133 cm³/mol. The summed E-state index contributed by atoms with van der Waals surface area (Å²) in [5.74, 6) is 1.18. The Bertz CT molecular complexity index is 1390. The van der Waals surface area contributed by atoms with Crippen LogP contribution in [0.15, 0.2) is 29.1 Å². The number of nitriles is 1. The van der Waals surface area contributed by atoms with E-state index in [4.69, 9.17) is 10.2 Å². The van der Waals surface area contributed by atoms with Crippen molar-refractivity contribution in [3.8, 4) is 6.07 Å². The molecule has 0 saturated carbocycles. The molecule has 1 atom stereocenters. The van der Waals surface area contributed by atoms with Crippen molar-refractivity contribution >= 4 is 50.8 Å². The zero-order chi connectivity index (χ0) is 23.8. The number of hydrogen-bond acceptors (Lipinski definition) is 7. The first-order chi connectivity index (χ1) is 16.5. The number of aromatic nitrogens is 2. The largest absolute Gasteiger partial charge is 0.324 e. The smallest absolute Gasteiger partial charge is 0.265 e. The first kappa shape index (κ1) is 22.6. The molecule has 2 aliphatic rings. The molecule has 174 valence electrons. The number of carbonyl (C=O) groups is 2. The lowest BCUT2D eigenvalue weighted by molar-refractivity contribution is -0.119. The fraction of sp³-hybridized carbons (Fsp3) is 0.375. The van der Waals surface area contributed by atoms with E-state index in [0.717, 1.165) is 31.5 Å². The second kappa shape index (κ2) is 9.24. The van der Waals surface area contributed by atoms with Crippen molar-refractivity contribution in [2.45, 2.75) is 45.2 Å². The topological polar surface area (TPSA) is 108 Å². The van der Waals surface area contributed by atoms with Gasteiger partial charge in [0.1, 0.15) is 16.7 Å². The van der Waals surface area contributed by atoms with Crippen LogP contribution >= 0.6 is 23.1 Å². The molecule has 0 bridgehead atoms. The third kappa shape index (κ3) is 3.99. The summed E-state index contributed by atoms with van der Waals surface area (Å²) in [6, 6.07) is 8.04. The molecule has 1 unspecified atom stereocenters. The van der Waals surface area contributed by atoms with Crippen molar-refractivity contribution in [2.75, 3.05) is 16.9 Å². The van der Waals surface area contributed by atoms with Gasteiger partial charge in [-0.05, 0) is 49.6 Å². The first-order valence-electron chi connectivity index (χ1n) is 11.2. The minimum absolute atomic E-state index is 0.0689. The SMILES string of the molecule is Cc1c(C(=O)N2CSCC2C(=O)Nc2ccc(C#N)cc2)sc2nc3n(c(=O)c12)CCCCC3. The number of fused-ring (bicyclic) bond motifs is 2. The molecule has 1 aromatic carbocycles. The monoisotopic (exact) mass is 493 g/mol. The molecule has 1 fully saturated rings. The molecular weight excluding hydrogens is 470 g/mol. The highest BCUT2D eigenvalue weighted by atomic mass is 32.2. The van der Waals surface area contributed by atoms with E-state index >= 15 is 0 Å². The standard InChI is InChI=1S/C24H23N5O3S2/c1-14-19-22(27-18-5-3-2-4-10-28(18)23(19)31)34-20(14)24(32)29-13-33-12-17(29)21(30)26-16-8-6-15(11-25)7-9-16/h6-9,17H,2-5,10,12-13H2,1H3,(H,26,30). The summed E-state index contributed by atoms with van der Waals surface area (Å²) < 4.78 is 1.77. The number of rotatable bonds is 3. The van der Waals surface area contributed by atoms with Crippen molar-refractivity contribution in [3.63, 3.8) is 0 Å². The van der Waals surface area contributed by atoms with Gasteiger partial charge in [-0.15, -0.1) is 23.1 Å². The van der Waals surface area contributed by atoms with Gasteiger partial charge in [0.15, 0.2) is 0 Å². The van der Waals surface area contributed by atoms with Gasteiger partial charge in [0.25, 0.3) is 11.5 Å². The van der Waals surface area contributed by atoms with Crippen molar-refractivity contribution in [2.24, 2.45) is 0 Å². The molecule has 1 N–H and O–H groups in total. The molecular formula is C24H23N5O3S2. The zero-order valence-electron chi connectivity index (χ0n) is 18.7. The van der Waals surface area contributed by atoms with E-state index in [0.29, 0.717) is 50.1 Å². The molecule has 1 saturated heterocycles. The van der Waals surface area contributed by atoms with Crippen molar-refractivity contribution in [1.82, 2.24) is 14.5 Å². The van der Waals surface area contributed by atoms with Crippen LogP contribution in [0.2, 0.25) is 0 Å². The fourth-order valence-electron chi connectivity index (χ4n) is 4.46. The van der Waals surface area contributed by atoms with E-state index in [-0.39, 0.29) is 17.4 Å². The Balaban J connectivity index is 1.43. The third-order valence-corrected chi connectivity index (χ3v) is 8.52. The lowest BCUT2D eigenvalue weighted by Crippen LogP contribution is -2.44. The highest BCUT2D eigenvalue weighted by molar-refractivity contribution is 7.99. The summed E-state index contributed by atoms with van der Waals surface area (Å²) >= 11 is 2.77. The molecule has 2 aliphatic heterocycles. The molecule has 2 amide bonds. The van der Waals surface area contributed by atoms with Crippen LogP contribution in [-0.2, 0) is 17.8 Å². The number of aryl methyl sites for hydroxylation is 2. The molecule has 0 radical (unpaired) electrons. The number of carbonyl (C=O) groups excluding carboxylic acids is 2. The molecule has 10 heteroatoms. The maximum atomic E-state index is 13.5. The van der Waals surface area contributed by atoms with E-state index in [9.17, 15) is 14.4 Å². The van der Waals surface area contributed by atoms with Crippen LogP contribution in [0, 0.1) is 18.3 Å². The maximum absolute atomic E-state index is 13.5. The van der Waals surface area contributed by atoms with Gasteiger partial charge in [0.05, 0.1) is 27.8 Å². The third-order valence-electron chi connectivity index (χ3n) is 6.33. The van der Waals surface area contributed by atoms with Crippen molar-refractivity contribution in [3.05, 3.63) is 56.4 Å². The maximum Gasteiger partial charge on any atom is 0.265 e. The summed E-state index contributed by atoms with van der Waals surface area (Å²) in [7, 11) is 0. The van der Waals surface area contributed by atoms with Gasteiger partial charge in [-0.2, -0.15) is 5.26 Å². The molecule has 3 aromatic rings. The van der Waals surface area contributed by atoms with Crippen LogP contribution in [0.25, 0.3) is 10.2 Å². The fourth-order valence-corrected chi connectivity index (χ4v) is 6.76. The zero-order valence-corrected chi connectivity index (χ0v) is 20.3. The van der Waals surface area contributed by atoms with E-state index in [1.165, 1.54) is 23.1 Å². The number of nitrogens with one attached hydrogen (secondary N) is 1. The number of thiophene rings is 1. The summed E-state index contributed by atoms with van der Waals surface area (Å²) in [6.07, 6.45) is 3.81. The Morgan fingerprint density at radius 1 is 1.21 bits per heavy atom. The van der Waals surface area contributed by atoms with Crippen LogP contribution in [0.1, 0.15) is 45.9 Å². The van der Waals surface area contributed by atoms with Gasteiger partial charge < -0.3 is 10.2 Å². The highest BCUT2D eigenvalue weighted by Crippen LogP contribution is 2.32. The summed E-state index contributed by atoms with van der Waals surface area (Å²) in [5.41, 5.74) is 1.66. The number of amides is 2. The van der Waals surface area contributed by atoms with Gasteiger partial charge in [-0.3, -0.25) is 19.0 Å². The number of hydrogen-bond donors (Lipinski definition) is 1. The average Bonchev–Trinajstić information content (AvgIpc) is 3.37. The second-order valence-corrected chi connectivity index (χ2v) is 10.5. The highest BCUT2D eigenvalue weighted by Gasteiger charge is 2.37. The Labute approximate surface area is 204 Å². The number of nitrogens with zero attached hydrogens (tertiary/aromatic N) is 4. The lowest BCUT2D eigenvalue weighted by atomic mass is 10.1. The van der Waals surface area contributed by atoms with Crippen LogP contribution in [-0.4, -0.2) is 43.9 Å². The van der Waals surface area contributed by atoms with Gasteiger partial charge in [-0.1, -0.05) is 6.42 Å². The first-order valence-corrected chi connectivity index (χ1v) is 13.2. The molecule has 2 aromatic heterocycles. The molecule has 4 heterocycles. The molecule has 0 aliphatic carbocycles. The predicted octanol–water partition coefficient (Wildman–Crippen LogP) is 3.52. The average molecular weight is 494 g/mol. The number of thioether (sulfide) groups is 1. The van der Waals surface area contributed by atoms with Crippen molar-refractivity contribution in [1.29, 1.82) is 5.26 Å². The molecule has 0 spiro atoms. The second-order valence-electron chi connectivity index (χ2n) is 8.50. The molecule has 8 nitrogen and oxygen atoms in total. The molecule has 34 heavy (non-hydrogen) atoms. The van der Waals surface area contributed by atoms with Crippen molar-refractivity contribution < 1.29 is 9.59 Å². The van der Waals surface area contributed by atoms with Crippen LogP contribution in [0.4, 0.5) is 5.69 Å². The summed E-state index contributed by atoms with van der Waals surface area (Å²) in [4.78, 5) is 47.2. The van der Waals surface area contributed by atoms with Gasteiger partial charge in [-0.25, -0.2) is 4.98 Å². The quantitative estimate of drug-likeness (QED) is 0.598. The van der Waals surface area contributed by atoms with E-state index in [1.807, 2.05) is 6.07 Å². The Hall–Kier alpha value is -3.16. The Morgan fingerprint density at radius 3 is 2.76 bits per heavy atom. The Morgan fingerprint density at radius 2 is 2.00 bits per heavy atom. The van der Waals surface area contributed by atoms with Crippen LogP contribution in [0.5, 0.6) is 0 Å². The summed E-state index contributed by atoms with van der Waals surface area (Å²) in [6.45, 7) is 2.46. The number of benzene rings is 1.